The van der Waals surface area contributed by atoms with Gasteiger partial charge < -0.3 is 33.9 Å². The molecule has 0 unspecified atom stereocenters. The highest BCUT2D eigenvalue weighted by molar-refractivity contribution is 5.98. The van der Waals surface area contributed by atoms with Crippen molar-refractivity contribution in [3.8, 4) is 28.7 Å². The van der Waals surface area contributed by atoms with Crippen molar-refractivity contribution < 1.29 is 33.3 Å². The lowest BCUT2D eigenvalue weighted by molar-refractivity contribution is -0.140. The highest BCUT2D eigenvalue weighted by atomic mass is 16.5. The van der Waals surface area contributed by atoms with Crippen LogP contribution in [-0.2, 0) is 22.7 Å². The fourth-order valence-electron chi connectivity index (χ4n) is 5.12. The maximum absolute atomic E-state index is 14.4. The van der Waals surface area contributed by atoms with Crippen molar-refractivity contribution in [3.63, 3.8) is 0 Å². The first-order chi connectivity index (χ1) is 22.4. The van der Waals surface area contributed by atoms with Crippen molar-refractivity contribution in [1.29, 1.82) is 0 Å². The van der Waals surface area contributed by atoms with Gasteiger partial charge in [-0.25, -0.2) is 4.68 Å². The maximum atomic E-state index is 14.4. The minimum Gasteiger partial charge on any atom is -0.497 e. The average Bonchev–Trinajstić information content (AvgIpc) is 3.50. The molecule has 12 heteroatoms. The van der Waals surface area contributed by atoms with Crippen LogP contribution in [0.2, 0.25) is 0 Å². The summed E-state index contributed by atoms with van der Waals surface area (Å²) in [5.41, 5.74) is 3.06. The topological polar surface area (TPSA) is 126 Å². The summed E-state index contributed by atoms with van der Waals surface area (Å²) >= 11 is 0. The fraction of sp³-hybridized carbons (Fsp3) is 0.235. The first kappa shape index (κ1) is 31.6. The monoisotopic (exact) mass is 625 g/mol. The van der Waals surface area contributed by atoms with Gasteiger partial charge in [-0.1, -0.05) is 29.5 Å². The number of anilines is 1. The van der Waals surface area contributed by atoms with Crippen LogP contribution in [-0.4, -0.2) is 67.3 Å². The van der Waals surface area contributed by atoms with Gasteiger partial charge in [0.25, 0.3) is 5.91 Å². The zero-order chi connectivity index (χ0) is 32.6. The molecule has 2 amide bonds. The number of hydrogen-bond donors (Lipinski definition) is 1. The Balaban J connectivity index is 1.63. The van der Waals surface area contributed by atoms with Crippen LogP contribution in [0.1, 0.15) is 17.2 Å². The van der Waals surface area contributed by atoms with E-state index < -0.39 is 11.9 Å². The number of aromatic nitrogens is 3. The lowest BCUT2D eigenvalue weighted by Crippen LogP contribution is -2.42. The van der Waals surface area contributed by atoms with Gasteiger partial charge in [-0.05, 0) is 71.8 Å². The smallest absolute Gasteiger partial charge is 0.251 e. The number of fused-ring (bicyclic) bond motifs is 1. The zero-order valence-corrected chi connectivity index (χ0v) is 26.2. The zero-order valence-electron chi connectivity index (χ0n) is 26.2. The summed E-state index contributed by atoms with van der Waals surface area (Å²) < 4.78 is 28.9. The number of amides is 2. The number of carbonyl (C=O) groups is 2. The Labute approximate surface area is 266 Å². The quantitative estimate of drug-likeness (QED) is 0.195. The van der Waals surface area contributed by atoms with Gasteiger partial charge in [0.2, 0.25) is 11.7 Å². The Morgan fingerprint density at radius 2 is 1.39 bits per heavy atom. The number of hydrogen-bond acceptors (Lipinski definition) is 9. The molecule has 0 radical (unpaired) electrons. The lowest BCUT2D eigenvalue weighted by atomic mass is 10.0. The molecule has 46 heavy (non-hydrogen) atoms. The second-order valence-corrected chi connectivity index (χ2v) is 10.2. The van der Waals surface area contributed by atoms with Gasteiger partial charge in [0.15, 0.2) is 11.5 Å². The van der Waals surface area contributed by atoms with E-state index in [4.69, 9.17) is 23.7 Å². The van der Waals surface area contributed by atoms with Crippen molar-refractivity contribution in [2.45, 2.75) is 19.1 Å². The van der Waals surface area contributed by atoms with Gasteiger partial charge in [0, 0.05) is 12.2 Å². The van der Waals surface area contributed by atoms with Gasteiger partial charge in [0.05, 0.1) is 41.1 Å². The number of carbonyl (C=O) groups excluding carboxylic acids is 2. The third-order valence-corrected chi connectivity index (χ3v) is 7.46. The normalized spacial score (nSPS) is 11.4. The molecule has 0 spiro atoms. The molecule has 0 aliphatic rings. The Morgan fingerprint density at radius 3 is 1.98 bits per heavy atom. The molecule has 0 bridgehead atoms. The molecule has 5 rings (SSSR count). The van der Waals surface area contributed by atoms with Gasteiger partial charge in [-0.3, -0.25) is 9.59 Å². The van der Waals surface area contributed by atoms with Crippen LogP contribution in [0.25, 0.3) is 11.0 Å². The molecule has 1 aromatic heterocycles. The minimum absolute atomic E-state index is 0.0762. The van der Waals surface area contributed by atoms with Crippen LogP contribution in [0.15, 0.2) is 84.9 Å². The predicted molar refractivity (Wildman–Crippen MR) is 172 cm³/mol. The molecule has 0 aliphatic heterocycles. The fourth-order valence-corrected chi connectivity index (χ4v) is 5.12. The first-order valence-corrected chi connectivity index (χ1v) is 14.3. The van der Waals surface area contributed by atoms with E-state index in [9.17, 15) is 9.59 Å². The Hall–Kier alpha value is -5.78. The Morgan fingerprint density at radius 1 is 0.783 bits per heavy atom. The third-order valence-electron chi connectivity index (χ3n) is 7.46. The highest BCUT2D eigenvalue weighted by Crippen LogP contribution is 2.41. The molecule has 12 nitrogen and oxygen atoms in total. The van der Waals surface area contributed by atoms with Crippen LogP contribution >= 0.6 is 0 Å². The van der Waals surface area contributed by atoms with E-state index in [0.29, 0.717) is 51.0 Å². The summed E-state index contributed by atoms with van der Waals surface area (Å²) in [7, 11) is 7.62. The largest absolute Gasteiger partial charge is 0.497 e. The molecule has 5 aromatic rings. The SMILES string of the molecule is COc1ccc(CN(C(=O)Cn2nnc3ccccc32)[C@H](C(=O)Nc2ccc(OC)cc2)c2cc(OC)c(OC)c(OC)c2)cc1. The van der Waals surface area contributed by atoms with Crippen molar-refractivity contribution in [2.24, 2.45) is 0 Å². The predicted octanol–water partition coefficient (Wildman–Crippen LogP) is 4.88. The Bertz CT molecular complexity index is 1780. The molecule has 0 aliphatic carbocycles. The van der Waals surface area contributed by atoms with E-state index in [0.717, 1.165) is 5.56 Å². The van der Waals surface area contributed by atoms with E-state index >= 15 is 0 Å². The van der Waals surface area contributed by atoms with Crippen LogP contribution < -0.4 is 29.0 Å². The molecular weight excluding hydrogens is 590 g/mol. The second-order valence-electron chi connectivity index (χ2n) is 10.2. The number of nitrogens with zero attached hydrogens (tertiary/aromatic N) is 4. The number of methoxy groups -OCH3 is 5. The third kappa shape index (κ3) is 6.80. The average molecular weight is 626 g/mol. The van der Waals surface area contributed by atoms with Crippen LogP contribution in [0.4, 0.5) is 5.69 Å². The summed E-state index contributed by atoms with van der Waals surface area (Å²) in [6, 6.07) is 23.7. The second kappa shape index (κ2) is 14.3. The number of nitrogens with one attached hydrogen (secondary N) is 1. The lowest BCUT2D eigenvalue weighted by Gasteiger charge is -2.32. The molecule has 238 valence electrons. The molecule has 0 fully saturated rings. The highest BCUT2D eigenvalue weighted by Gasteiger charge is 2.34. The van der Waals surface area contributed by atoms with E-state index in [1.807, 2.05) is 36.4 Å². The molecule has 1 atom stereocenters. The molecule has 4 aromatic carbocycles. The number of ether oxygens (including phenoxy) is 5. The molecule has 0 saturated heterocycles. The minimum atomic E-state index is -1.15. The first-order valence-electron chi connectivity index (χ1n) is 14.3. The number of benzene rings is 4. The summed E-state index contributed by atoms with van der Waals surface area (Å²) in [6.45, 7) is -0.0970. The van der Waals surface area contributed by atoms with Gasteiger partial charge in [-0.2, -0.15) is 0 Å². The van der Waals surface area contributed by atoms with Gasteiger partial charge in [0.1, 0.15) is 29.6 Å². The van der Waals surface area contributed by atoms with E-state index in [2.05, 4.69) is 15.6 Å². The van der Waals surface area contributed by atoms with E-state index in [-0.39, 0.29) is 19.0 Å². The van der Waals surface area contributed by atoms with Crippen molar-refractivity contribution in [1.82, 2.24) is 19.9 Å². The van der Waals surface area contributed by atoms with Crippen LogP contribution in [0.3, 0.4) is 0 Å². The van der Waals surface area contributed by atoms with E-state index in [1.165, 1.54) is 30.9 Å². The van der Waals surface area contributed by atoms with Crippen LogP contribution in [0.5, 0.6) is 28.7 Å². The van der Waals surface area contributed by atoms with Crippen molar-refractivity contribution in [3.05, 3.63) is 96.1 Å². The number of para-hydroxylation sites is 1. The van der Waals surface area contributed by atoms with Crippen LogP contribution in [0, 0.1) is 0 Å². The summed E-state index contributed by atoms with van der Waals surface area (Å²) in [4.78, 5) is 30.3. The van der Waals surface area contributed by atoms with Gasteiger partial charge >= 0.3 is 0 Å². The van der Waals surface area contributed by atoms with Crippen molar-refractivity contribution >= 4 is 28.5 Å². The van der Waals surface area contributed by atoms with Gasteiger partial charge in [-0.15, -0.1) is 5.10 Å². The Kier molecular flexibility index (Phi) is 9.86. The maximum Gasteiger partial charge on any atom is 0.251 e. The molecule has 1 N–H and O–H groups in total. The summed E-state index contributed by atoms with van der Waals surface area (Å²) in [5.74, 6) is 1.46. The van der Waals surface area contributed by atoms with E-state index in [1.54, 1.807) is 62.8 Å². The van der Waals surface area contributed by atoms with Crippen molar-refractivity contribution in [2.75, 3.05) is 40.9 Å². The molecular formula is C34H35N5O7. The molecule has 0 saturated carbocycles. The molecule has 1 heterocycles. The standard InChI is InChI=1S/C34H35N5O7/c1-42-25-14-10-22(11-15-25)20-38(31(40)21-39-28-9-7-6-8-27(28)36-37-39)32(34(41)35-24-12-16-26(43-2)17-13-24)23-18-29(44-3)33(46-5)30(19-23)45-4/h6-19,32H,20-21H2,1-5H3,(H,35,41)/t32-/m0/s1. The summed E-state index contributed by atoms with van der Waals surface area (Å²) in [5, 5.41) is 11.4. The number of rotatable bonds is 13. The summed E-state index contributed by atoms with van der Waals surface area (Å²) in [6.07, 6.45) is 0.